The Bertz CT molecular complexity index is 596. The van der Waals surface area contributed by atoms with Gasteiger partial charge < -0.3 is 14.5 Å². The van der Waals surface area contributed by atoms with Gasteiger partial charge in [0.15, 0.2) is 5.76 Å². The molecule has 1 atom stereocenters. The van der Waals surface area contributed by atoms with Crippen molar-refractivity contribution in [3.63, 3.8) is 0 Å². The Morgan fingerprint density at radius 3 is 2.43 bits per heavy atom. The van der Waals surface area contributed by atoms with E-state index >= 15 is 0 Å². The Morgan fingerprint density at radius 1 is 1.24 bits per heavy atom. The van der Waals surface area contributed by atoms with Gasteiger partial charge in [0.25, 0.3) is 5.91 Å². The van der Waals surface area contributed by atoms with Crippen LogP contribution in [0.1, 0.15) is 10.6 Å². The molecule has 2 rings (SSSR count). The second kappa shape index (κ2) is 6.92. The molecule has 0 fully saturated rings. The van der Waals surface area contributed by atoms with E-state index in [0.29, 0.717) is 5.75 Å². The topological polar surface area (TPSA) is 51.5 Å². The molecule has 1 amide bonds. The van der Waals surface area contributed by atoms with E-state index in [9.17, 15) is 4.79 Å². The van der Waals surface area contributed by atoms with Crippen molar-refractivity contribution in [3.05, 3.63) is 52.9 Å². The Kier molecular flexibility index (Phi) is 5.43. The molecule has 0 bridgehead atoms. The molecule has 0 aliphatic rings. The van der Waals surface area contributed by atoms with Gasteiger partial charge in [-0.05, 0) is 36.4 Å². The molecule has 0 unspecified atom stereocenters. The monoisotopic (exact) mass is 411 g/mol. The Hall–Kier alpha value is -0.880. The van der Waals surface area contributed by atoms with Crippen LogP contribution in [0, 0.1) is 0 Å². The number of hydrogen-bond acceptors (Lipinski definition) is 3. The molecular formula is C13H9BrCl3NO3. The summed E-state index contributed by atoms with van der Waals surface area (Å²) in [4.78, 5) is 11.9. The number of rotatable bonds is 4. The number of benzene rings is 1. The minimum atomic E-state index is -1.85. The normalized spacial score (nSPS) is 12.8. The first-order chi connectivity index (χ1) is 9.86. The van der Waals surface area contributed by atoms with Crippen molar-refractivity contribution in [1.29, 1.82) is 0 Å². The minimum absolute atomic E-state index is 0.0913. The number of amides is 1. The summed E-state index contributed by atoms with van der Waals surface area (Å²) in [5.74, 6) is -0.0173. The summed E-state index contributed by atoms with van der Waals surface area (Å²) in [5.41, 5.74) is 0. The fraction of sp³-hybridized carbons (Fsp3) is 0.154. The standard InChI is InChI=1S/C13H9BrCl3NO3/c14-8-3-5-9(6-4-8)21-12(13(15,16)17)18-11(19)10-2-1-7-20-10/h1-7,12H,(H,18,19)/t12-/m0/s1. The van der Waals surface area contributed by atoms with Crippen LogP contribution in [0.2, 0.25) is 0 Å². The van der Waals surface area contributed by atoms with E-state index in [1.165, 1.54) is 12.3 Å². The fourth-order valence-corrected chi connectivity index (χ4v) is 1.99. The van der Waals surface area contributed by atoms with Crippen molar-refractivity contribution < 1.29 is 13.9 Å². The van der Waals surface area contributed by atoms with Crippen LogP contribution in [-0.4, -0.2) is 15.9 Å². The summed E-state index contributed by atoms with van der Waals surface area (Å²) in [5, 5.41) is 2.46. The highest BCUT2D eigenvalue weighted by atomic mass is 79.9. The van der Waals surface area contributed by atoms with Crippen molar-refractivity contribution >= 4 is 56.6 Å². The summed E-state index contributed by atoms with van der Waals surface area (Å²) >= 11 is 20.8. The zero-order valence-corrected chi connectivity index (χ0v) is 14.2. The first-order valence-electron chi connectivity index (χ1n) is 5.69. The van der Waals surface area contributed by atoms with E-state index in [-0.39, 0.29) is 5.76 Å². The average molecular weight is 413 g/mol. The van der Waals surface area contributed by atoms with Crippen molar-refractivity contribution in [2.45, 2.75) is 10.0 Å². The molecule has 0 saturated heterocycles. The Labute approximate surface area is 144 Å². The van der Waals surface area contributed by atoms with Crippen LogP contribution in [0.3, 0.4) is 0 Å². The van der Waals surface area contributed by atoms with Crippen LogP contribution >= 0.6 is 50.7 Å². The van der Waals surface area contributed by atoms with E-state index in [1.807, 2.05) is 0 Å². The van der Waals surface area contributed by atoms with E-state index in [2.05, 4.69) is 21.2 Å². The number of furan rings is 1. The quantitative estimate of drug-likeness (QED) is 0.591. The van der Waals surface area contributed by atoms with E-state index < -0.39 is 15.9 Å². The maximum absolute atomic E-state index is 11.9. The van der Waals surface area contributed by atoms with Gasteiger partial charge in [0, 0.05) is 4.47 Å². The molecule has 1 heterocycles. The lowest BCUT2D eigenvalue weighted by atomic mass is 10.3. The van der Waals surface area contributed by atoms with E-state index in [4.69, 9.17) is 44.0 Å². The molecule has 1 aromatic carbocycles. The predicted octanol–water partition coefficient (Wildman–Crippen LogP) is 4.55. The van der Waals surface area contributed by atoms with Crippen molar-refractivity contribution in [3.8, 4) is 5.75 Å². The third-order valence-electron chi connectivity index (χ3n) is 2.37. The minimum Gasteiger partial charge on any atom is -0.466 e. The highest BCUT2D eigenvalue weighted by Crippen LogP contribution is 2.32. The molecule has 112 valence electrons. The lowest BCUT2D eigenvalue weighted by Gasteiger charge is -2.25. The SMILES string of the molecule is O=C(N[C@@H](Oc1ccc(Br)cc1)C(Cl)(Cl)Cl)c1ccco1. The van der Waals surface area contributed by atoms with Crippen LogP contribution in [0.5, 0.6) is 5.75 Å². The molecule has 0 spiro atoms. The number of alkyl halides is 3. The second-order valence-electron chi connectivity index (χ2n) is 3.94. The molecule has 0 radical (unpaired) electrons. The van der Waals surface area contributed by atoms with Crippen LogP contribution < -0.4 is 10.1 Å². The molecule has 1 N–H and O–H groups in total. The number of hydrogen-bond donors (Lipinski definition) is 1. The van der Waals surface area contributed by atoms with Gasteiger partial charge in [-0.25, -0.2) is 0 Å². The highest BCUT2D eigenvalue weighted by Gasteiger charge is 2.36. The molecule has 0 aliphatic heterocycles. The molecule has 21 heavy (non-hydrogen) atoms. The third-order valence-corrected chi connectivity index (χ3v) is 3.50. The predicted molar refractivity (Wildman–Crippen MR) is 85.0 cm³/mol. The van der Waals surface area contributed by atoms with Crippen LogP contribution in [0.4, 0.5) is 0 Å². The maximum atomic E-state index is 11.9. The van der Waals surface area contributed by atoms with Gasteiger partial charge in [-0.2, -0.15) is 0 Å². The van der Waals surface area contributed by atoms with Crippen LogP contribution in [-0.2, 0) is 0 Å². The summed E-state index contributed by atoms with van der Waals surface area (Å²) in [6.07, 6.45) is 0.191. The number of ether oxygens (including phenoxy) is 1. The molecular weight excluding hydrogens is 404 g/mol. The number of carbonyl (C=O) groups is 1. The van der Waals surface area contributed by atoms with Crippen molar-refractivity contribution in [1.82, 2.24) is 5.32 Å². The van der Waals surface area contributed by atoms with E-state index in [1.54, 1.807) is 30.3 Å². The first kappa shape index (κ1) is 16.5. The number of carbonyl (C=O) groups excluding carboxylic acids is 1. The first-order valence-corrected chi connectivity index (χ1v) is 7.62. The molecule has 8 heteroatoms. The zero-order valence-electron chi connectivity index (χ0n) is 10.4. The zero-order chi connectivity index (χ0) is 15.5. The molecule has 2 aromatic rings. The van der Waals surface area contributed by atoms with Crippen LogP contribution in [0.25, 0.3) is 0 Å². The number of halogens is 4. The summed E-state index contributed by atoms with van der Waals surface area (Å²) < 4.78 is 9.51. The smallest absolute Gasteiger partial charge is 0.289 e. The van der Waals surface area contributed by atoms with E-state index in [0.717, 1.165) is 4.47 Å². The molecule has 0 aliphatic carbocycles. The van der Waals surface area contributed by atoms with Gasteiger partial charge >= 0.3 is 0 Å². The largest absolute Gasteiger partial charge is 0.466 e. The lowest BCUT2D eigenvalue weighted by Crippen LogP contribution is -2.47. The van der Waals surface area contributed by atoms with Gasteiger partial charge in [-0.1, -0.05) is 50.7 Å². The Morgan fingerprint density at radius 2 is 1.90 bits per heavy atom. The highest BCUT2D eigenvalue weighted by molar-refractivity contribution is 9.10. The lowest BCUT2D eigenvalue weighted by molar-refractivity contribution is 0.0805. The van der Waals surface area contributed by atoms with Crippen molar-refractivity contribution in [2.75, 3.05) is 0 Å². The maximum Gasteiger partial charge on any atom is 0.289 e. The molecule has 4 nitrogen and oxygen atoms in total. The van der Waals surface area contributed by atoms with Gasteiger partial charge in [0.1, 0.15) is 5.75 Å². The van der Waals surface area contributed by atoms with Crippen molar-refractivity contribution in [2.24, 2.45) is 0 Å². The third kappa shape index (κ3) is 4.81. The fourth-order valence-electron chi connectivity index (χ4n) is 1.43. The number of nitrogens with one attached hydrogen (secondary N) is 1. The Balaban J connectivity index is 2.12. The second-order valence-corrected chi connectivity index (χ2v) is 7.23. The van der Waals surface area contributed by atoms with Gasteiger partial charge in [0.2, 0.25) is 10.0 Å². The summed E-state index contributed by atoms with van der Waals surface area (Å²) in [6.45, 7) is 0. The molecule has 0 saturated carbocycles. The van der Waals surface area contributed by atoms with Gasteiger partial charge in [0.05, 0.1) is 6.26 Å². The van der Waals surface area contributed by atoms with Gasteiger partial charge in [-0.15, -0.1) is 0 Å². The van der Waals surface area contributed by atoms with Crippen LogP contribution in [0.15, 0.2) is 51.6 Å². The summed E-state index contributed by atoms with van der Waals surface area (Å²) in [6, 6.07) is 9.94. The summed E-state index contributed by atoms with van der Waals surface area (Å²) in [7, 11) is 0. The average Bonchev–Trinajstić information content (AvgIpc) is 2.93. The van der Waals surface area contributed by atoms with Gasteiger partial charge in [-0.3, -0.25) is 4.79 Å². The molecule has 1 aromatic heterocycles.